The Hall–Kier alpha value is -0.830. The van der Waals surface area contributed by atoms with Gasteiger partial charge in [-0.3, -0.25) is 0 Å². The minimum absolute atomic E-state index is 0.383. The van der Waals surface area contributed by atoms with E-state index < -0.39 is 0 Å². The van der Waals surface area contributed by atoms with Gasteiger partial charge in [0.2, 0.25) is 0 Å². The fourth-order valence-electron chi connectivity index (χ4n) is 1.43. The highest BCUT2D eigenvalue weighted by Gasteiger charge is 2.18. The van der Waals surface area contributed by atoms with Crippen molar-refractivity contribution in [2.45, 2.75) is 40.7 Å². The molecule has 4 heteroatoms. The van der Waals surface area contributed by atoms with Crippen molar-refractivity contribution >= 4 is 17.4 Å². The van der Waals surface area contributed by atoms with Crippen molar-refractivity contribution in [3.63, 3.8) is 0 Å². The number of aryl methyl sites for hydroxylation is 2. The summed E-state index contributed by atoms with van der Waals surface area (Å²) in [6.45, 7) is 10.4. The summed E-state index contributed by atoms with van der Waals surface area (Å²) in [5, 5.41) is 0.484. The van der Waals surface area contributed by atoms with Crippen LogP contribution in [0, 0.1) is 19.8 Å². The van der Waals surface area contributed by atoms with E-state index in [0.29, 0.717) is 17.1 Å². The predicted octanol–water partition coefficient (Wildman–Crippen LogP) is 3.23. The third kappa shape index (κ3) is 2.64. The molecule has 0 aliphatic heterocycles. The molecule has 0 bridgehead atoms. The van der Waals surface area contributed by atoms with Gasteiger partial charge in [0.1, 0.15) is 0 Å². The van der Waals surface area contributed by atoms with E-state index in [1.807, 2.05) is 20.9 Å². The number of hydrogen-bond donors (Lipinski definition) is 0. The zero-order chi connectivity index (χ0) is 12.5. The lowest BCUT2D eigenvalue weighted by Gasteiger charge is -2.29. The maximum absolute atomic E-state index is 6.13. The summed E-state index contributed by atoms with van der Waals surface area (Å²) in [4.78, 5) is 10.9. The molecule has 0 radical (unpaired) electrons. The molecular formula is C12H20ClN3. The van der Waals surface area contributed by atoms with Crippen LogP contribution in [0.4, 0.5) is 5.82 Å². The Morgan fingerprint density at radius 1 is 1.06 bits per heavy atom. The van der Waals surface area contributed by atoms with Crippen LogP contribution in [0.15, 0.2) is 0 Å². The van der Waals surface area contributed by atoms with Gasteiger partial charge in [-0.15, -0.1) is 0 Å². The second-order valence-corrected chi connectivity index (χ2v) is 4.96. The third-order valence-electron chi connectivity index (χ3n) is 3.16. The average molecular weight is 242 g/mol. The average Bonchev–Trinajstić information content (AvgIpc) is 2.21. The molecule has 0 aliphatic carbocycles. The zero-order valence-electron chi connectivity index (χ0n) is 10.9. The molecule has 0 amide bonds. The summed E-state index contributed by atoms with van der Waals surface area (Å²) in [5.74, 6) is 1.32. The summed E-state index contributed by atoms with van der Waals surface area (Å²) < 4.78 is 0. The molecule has 0 spiro atoms. The van der Waals surface area contributed by atoms with Gasteiger partial charge in [-0.05, 0) is 26.7 Å². The maximum atomic E-state index is 6.13. The Labute approximate surface area is 103 Å². The lowest BCUT2D eigenvalue weighted by atomic mass is 10.1. The molecular weight excluding hydrogens is 222 g/mol. The van der Waals surface area contributed by atoms with Gasteiger partial charge >= 0.3 is 0 Å². The molecule has 1 heterocycles. The summed E-state index contributed by atoms with van der Waals surface area (Å²) in [6, 6.07) is 0.383. The second kappa shape index (κ2) is 5.00. The van der Waals surface area contributed by atoms with Crippen LogP contribution < -0.4 is 4.90 Å². The Morgan fingerprint density at radius 2 is 1.56 bits per heavy atom. The molecule has 1 atom stereocenters. The van der Waals surface area contributed by atoms with Crippen LogP contribution >= 0.6 is 11.6 Å². The monoisotopic (exact) mass is 241 g/mol. The Balaban J connectivity index is 3.08. The van der Waals surface area contributed by atoms with Gasteiger partial charge in [-0.1, -0.05) is 25.4 Å². The fraction of sp³-hybridized carbons (Fsp3) is 0.667. The van der Waals surface area contributed by atoms with Crippen molar-refractivity contribution in [1.29, 1.82) is 0 Å². The highest BCUT2D eigenvalue weighted by atomic mass is 35.5. The van der Waals surface area contributed by atoms with Crippen LogP contribution in [-0.4, -0.2) is 23.1 Å². The number of aromatic nitrogens is 2. The van der Waals surface area contributed by atoms with Gasteiger partial charge in [0.15, 0.2) is 11.0 Å². The molecule has 0 fully saturated rings. The van der Waals surface area contributed by atoms with Gasteiger partial charge in [0, 0.05) is 13.1 Å². The van der Waals surface area contributed by atoms with Crippen LogP contribution in [0.25, 0.3) is 0 Å². The highest BCUT2D eigenvalue weighted by molar-refractivity contribution is 6.31. The number of anilines is 1. The van der Waals surface area contributed by atoms with Gasteiger partial charge in [0.05, 0.1) is 11.4 Å². The van der Waals surface area contributed by atoms with Crippen molar-refractivity contribution < 1.29 is 0 Å². The molecule has 90 valence electrons. The van der Waals surface area contributed by atoms with E-state index in [9.17, 15) is 0 Å². The van der Waals surface area contributed by atoms with E-state index in [1.54, 1.807) is 0 Å². The Kier molecular flexibility index (Phi) is 4.14. The van der Waals surface area contributed by atoms with Crippen molar-refractivity contribution in [3.8, 4) is 0 Å². The lowest BCUT2D eigenvalue weighted by Crippen LogP contribution is -2.34. The highest BCUT2D eigenvalue weighted by Crippen LogP contribution is 2.25. The number of nitrogens with zero attached hydrogens (tertiary/aromatic N) is 3. The van der Waals surface area contributed by atoms with Crippen LogP contribution in [-0.2, 0) is 0 Å². The van der Waals surface area contributed by atoms with Gasteiger partial charge < -0.3 is 4.90 Å². The predicted molar refractivity (Wildman–Crippen MR) is 69.2 cm³/mol. The van der Waals surface area contributed by atoms with E-state index in [2.05, 4.69) is 35.6 Å². The van der Waals surface area contributed by atoms with Gasteiger partial charge in [-0.2, -0.15) is 0 Å². The summed E-state index contributed by atoms with van der Waals surface area (Å²) in [5.41, 5.74) is 1.82. The first-order chi connectivity index (χ1) is 7.34. The first-order valence-corrected chi connectivity index (χ1v) is 5.96. The zero-order valence-corrected chi connectivity index (χ0v) is 11.6. The molecule has 0 saturated heterocycles. The SMILES string of the molecule is Cc1nc(Cl)c(N(C)C(C)C(C)C)nc1C. The number of hydrogen-bond acceptors (Lipinski definition) is 3. The smallest absolute Gasteiger partial charge is 0.171 e. The molecule has 0 aliphatic rings. The van der Waals surface area contributed by atoms with Crippen molar-refractivity contribution in [1.82, 2.24) is 9.97 Å². The lowest BCUT2D eigenvalue weighted by molar-refractivity contribution is 0.502. The molecule has 1 aromatic rings. The van der Waals surface area contributed by atoms with Crippen LogP contribution in [0.1, 0.15) is 32.2 Å². The second-order valence-electron chi connectivity index (χ2n) is 4.60. The van der Waals surface area contributed by atoms with E-state index in [-0.39, 0.29) is 0 Å². The number of rotatable bonds is 3. The first-order valence-electron chi connectivity index (χ1n) is 5.58. The largest absolute Gasteiger partial charge is 0.354 e. The summed E-state index contributed by atoms with van der Waals surface area (Å²) in [7, 11) is 2.01. The summed E-state index contributed by atoms with van der Waals surface area (Å²) >= 11 is 6.13. The van der Waals surface area contributed by atoms with Crippen LogP contribution in [0.3, 0.4) is 0 Å². The van der Waals surface area contributed by atoms with Crippen LogP contribution in [0.2, 0.25) is 5.15 Å². The Morgan fingerprint density at radius 3 is 2.06 bits per heavy atom. The van der Waals surface area contributed by atoms with E-state index in [4.69, 9.17) is 11.6 Å². The van der Waals surface area contributed by atoms with E-state index in [1.165, 1.54) is 0 Å². The molecule has 0 saturated carbocycles. The van der Waals surface area contributed by atoms with Crippen molar-refractivity contribution in [2.75, 3.05) is 11.9 Å². The van der Waals surface area contributed by atoms with Crippen molar-refractivity contribution in [3.05, 3.63) is 16.5 Å². The fourth-order valence-corrected chi connectivity index (χ4v) is 1.73. The van der Waals surface area contributed by atoms with Crippen LogP contribution in [0.5, 0.6) is 0 Å². The minimum Gasteiger partial charge on any atom is -0.354 e. The summed E-state index contributed by atoms with van der Waals surface area (Å²) in [6.07, 6.45) is 0. The molecule has 0 aromatic carbocycles. The topological polar surface area (TPSA) is 29.0 Å². The number of halogens is 1. The quantitative estimate of drug-likeness (QED) is 0.814. The molecule has 16 heavy (non-hydrogen) atoms. The minimum atomic E-state index is 0.383. The van der Waals surface area contributed by atoms with E-state index >= 15 is 0 Å². The van der Waals surface area contributed by atoms with Gasteiger partial charge in [-0.25, -0.2) is 9.97 Å². The third-order valence-corrected chi connectivity index (χ3v) is 3.41. The molecule has 0 N–H and O–H groups in total. The molecule has 1 aromatic heterocycles. The normalized spacial score (nSPS) is 13.0. The van der Waals surface area contributed by atoms with Crippen molar-refractivity contribution in [2.24, 2.45) is 5.92 Å². The van der Waals surface area contributed by atoms with E-state index in [0.717, 1.165) is 17.2 Å². The standard InChI is InChI=1S/C12H20ClN3/c1-7(2)10(5)16(6)12-11(13)14-8(3)9(4)15-12/h7,10H,1-6H3. The molecule has 3 nitrogen and oxygen atoms in total. The maximum Gasteiger partial charge on any atom is 0.171 e. The van der Waals surface area contributed by atoms with Gasteiger partial charge in [0.25, 0.3) is 0 Å². The first kappa shape index (κ1) is 13.2. The Bertz CT molecular complexity index is 377. The molecule has 1 rings (SSSR count). The molecule has 1 unspecified atom stereocenters.